The fraction of sp³-hybridized carbons (Fsp3) is 0.214. The molecule has 0 fully saturated rings. The second-order valence-corrected chi connectivity index (χ2v) is 6.58. The van der Waals surface area contributed by atoms with Crippen molar-refractivity contribution in [1.82, 2.24) is 15.0 Å². The number of anilines is 1. The van der Waals surface area contributed by atoms with E-state index in [1.165, 1.54) is 0 Å². The third kappa shape index (κ3) is 3.14. The molecule has 2 N–H and O–H groups in total. The van der Waals surface area contributed by atoms with Crippen LogP contribution >= 0.6 is 23.5 Å². The van der Waals surface area contributed by atoms with Crippen molar-refractivity contribution in [3.8, 4) is 0 Å². The number of nitrogens with zero attached hydrogens (tertiary/aromatic N) is 3. The van der Waals surface area contributed by atoms with Crippen LogP contribution in [0.2, 0.25) is 0 Å². The Labute approximate surface area is 130 Å². The highest BCUT2D eigenvalue weighted by atomic mass is 32.2. The first-order valence-corrected chi connectivity index (χ1v) is 8.44. The lowest BCUT2D eigenvalue weighted by molar-refractivity contribution is 0.614. The van der Waals surface area contributed by atoms with Crippen LogP contribution in [0.5, 0.6) is 0 Å². The van der Waals surface area contributed by atoms with Crippen molar-refractivity contribution >= 4 is 40.3 Å². The van der Waals surface area contributed by atoms with Crippen molar-refractivity contribution in [2.24, 2.45) is 0 Å². The number of nitrogen functional groups attached to an aromatic ring is 1. The van der Waals surface area contributed by atoms with Crippen LogP contribution in [0.4, 0.5) is 5.82 Å². The molecule has 7 heteroatoms. The molecule has 3 aromatic heterocycles. The second kappa shape index (κ2) is 5.95. The van der Waals surface area contributed by atoms with Gasteiger partial charge in [0.05, 0.1) is 23.4 Å². The minimum absolute atomic E-state index is 0.126. The number of hydrogen-bond donors (Lipinski definition) is 1. The Morgan fingerprint density at radius 3 is 2.95 bits per heavy atom. The number of furan rings is 1. The Balaban J connectivity index is 1.84. The summed E-state index contributed by atoms with van der Waals surface area (Å²) in [6, 6.07) is 5.73. The summed E-state index contributed by atoms with van der Waals surface area (Å²) in [5.74, 6) is 0.488. The van der Waals surface area contributed by atoms with Gasteiger partial charge in [-0.25, -0.2) is 9.97 Å². The highest BCUT2D eigenvalue weighted by Crippen LogP contribution is 2.34. The summed E-state index contributed by atoms with van der Waals surface area (Å²) in [5.41, 5.74) is 7.56. The zero-order valence-electron chi connectivity index (χ0n) is 11.6. The van der Waals surface area contributed by atoms with Crippen molar-refractivity contribution in [2.45, 2.75) is 22.4 Å². The molecule has 5 nitrogen and oxygen atoms in total. The van der Waals surface area contributed by atoms with Crippen molar-refractivity contribution in [3.05, 3.63) is 36.4 Å². The van der Waals surface area contributed by atoms with Gasteiger partial charge in [0.15, 0.2) is 10.7 Å². The molecule has 0 saturated carbocycles. The summed E-state index contributed by atoms with van der Waals surface area (Å²) < 4.78 is 5.30. The number of fused-ring (bicyclic) bond motifs is 1. The predicted molar refractivity (Wildman–Crippen MR) is 86.5 cm³/mol. The number of hydrogen-bond acceptors (Lipinski definition) is 7. The van der Waals surface area contributed by atoms with Crippen molar-refractivity contribution in [1.29, 1.82) is 0 Å². The van der Waals surface area contributed by atoms with Gasteiger partial charge in [0.2, 0.25) is 0 Å². The van der Waals surface area contributed by atoms with E-state index in [1.54, 1.807) is 42.1 Å². The molecular formula is C14H14N4OS2. The molecule has 21 heavy (non-hydrogen) atoms. The van der Waals surface area contributed by atoms with Crippen molar-refractivity contribution in [3.63, 3.8) is 0 Å². The largest absolute Gasteiger partial charge is 0.463 e. The molecule has 0 radical (unpaired) electrons. The average molecular weight is 318 g/mol. The van der Waals surface area contributed by atoms with E-state index >= 15 is 0 Å². The molecule has 3 aromatic rings. The Hall–Kier alpha value is -1.73. The quantitative estimate of drug-likeness (QED) is 0.445. The van der Waals surface area contributed by atoms with Gasteiger partial charge in [-0.1, -0.05) is 11.8 Å². The maximum absolute atomic E-state index is 5.80. The molecule has 1 atom stereocenters. The van der Waals surface area contributed by atoms with Crippen LogP contribution in [-0.2, 0) is 0 Å². The number of aromatic nitrogens is 3. The molecule has 3 heterocycles. The molecule has 0 saturated heterocycles. The number of pyridine rings is 1. The van der Waals surface area contributed by atoms with Crippen LogP contribution in [0.1, 0.15) is 17.9 Å². The zero-order chi connectivity index (χ0) is 14.8. The molecule has 0 amide bonds. The van der Waals surface area contributed by atoms with Crippen LogP contribution < -0.4 is 5.73 Å². The summed E-state index contributed by atoms with van der Waals surface area (Å²) in [6.45, 7) is 2.07. The van der Waals surface area contributed by atoms with Crippen LogP contribution in [0.25, 0.3) is 11.0 Å². The summed E-state index contributed by atoms with van der Waals surface area (Å²) in [4.78, 5) is 13.2. The van der Waals surface area contributed by atoms with Gasteiger partial charge >= 0.3 is 0 Å². The average Bonchev–Trinajstić information content (AvgIpc) is 2.93. The molecule has 0 spiro atoms. The first-order chi connectivity index (χ1) is 10.2. The van der Waals surface area contributed by atoms with Gasteiger partial charge in [0, 0.05) is 11.5 Å². The lowest BCUT2D eigenvalue weighted by atomic mass is 10.2. The SMILES string of the molecule is CSc1cc(N)nc(SC(C)c2cc3ccoc3cn2)n1. The normalized spacial score (nSPS) is 12.7. The van der Waals surface area contributed by atoms with Crippen molar-refractivity contribution < 1.29 is 4.42 Å². The summed E-state index contributed by atoms with van der Waals surface area (Å²) in [7, 11) is 0. The Morgan fingerprint density at radius 1 is 1.29 bits per heavy atom. The van der Waals surface area contributed by atoms with Gasteiger partial charge in [-0.2, -0.15) is 0 Å². The lowest BCUT2D eigenvalue weighted by Crippen LogP contribution is -1.99. The summed E-state index contributed by atoms with van der Waals surface area (Å²) >= 11 is 3.09. The first kappa shape index (κ1) is 14.2. The van der Waals surface area contributed by atoms with Crippen molar-refractivity contribution in [2.75, 3.05) is 12.0 Å². The lowest BCUT2D eigenvalue weighted by Gasteiger charge is -2.10. The maximum atomic E-state index is 5.80. The fourth-order valence-corrected chi connectivity index (χ4v) is 3.25. The van der Waals surface area contributed by atoms with Gasteiger partial charge in [-0.15, -0.1) is 11.8 Å². The van der Waals surface area contributed by atoms with Crippen LogP contribution in [0.15, 0.2) is 45.3 Å². The van der Waals surface area contributed by atoms with E-state index in [4.69, 9.17) is 10.2 Å². The highest BCUT2D eigenvalue weighted by molar-refractivity contribution is 7.99. The Kier molecular flexibility index (Phi) is 4.03. The van der Waals surface area contributed by atoms with Gasteiger partial charge in [0.25, 0.3) is 0 Å². The monoisotopic (exact) mass is 318 g/mol. The summed E-state index contributed by atoms with van der Waals surface area (Å²) in [5, 5.41) is 2.71. The van der Waals surface area contributed by atoms with E-state index in [9.17, 15) is 0 Å². The van der Waals surface area contributed by atoms with Gasteiger partial charge < -0.3 is 10.2 Å². The van der Waals surface area contributed by atoms with Gasteiger partial charge in [0.1, 0.15) is 10.8 Å². The van der Waals surface area contributed by atoms with E-state index in [1.807, 2.05) is 18.4 Å². The molecule has 0 aliphatic carbocycles. The standard InChI is InChI=1S/C14H14N4OS2/c1-8(10-5-9-3-4-19-11(9)7-16-10)21-14-17-12(15)6-13(18-14)20-2/h3-8H,1-2H3,(H2,15,17,18). The molecule has 3 rings (SSSR count). The molecule has 0 bridgehead atoms. The number of nitrogens with two attached hydrogens (primary N) is 1. The Bertz CT molecular complexity index is 775. The first-order valence-electron chi connectivity index (χ1n) is 6.34. The topological polar surface area (TPSA) is 77.8 Å². The van der Waals surface area contributed by atoms with Crippen LogP contribution in [0.3, 0.4) is 0 Å². The zero-order valence-corrected chi connectivity index (χ0v) is 13.2. The molecule has 108 valence electrons. The van der Waals surface area contributed by atoms with E-state index in [0.29, 0.717) is 11.0 Å². The molecular weight excluding hydrogens is 304 g/mol. The van der Waals surface area contributed by atoms with Crippen LogP contribution in [-0.4, -0.2) is 21.2 Å². The third-order valence-electron chi connectivity index (χ3n) is 2.97. The summed E-state index contributed by atoms with van der Waals surface area (Å²) in [6.07, 6.45) is 5.38. The Morgan fingerprint density at radius 2 is 2.14 bits per heavy atom. The van der Waals surface area contributed by atoms with E-state index in [0.717, 1.165) is 21.7 Å². The fourth-order valence-electron chi connectivity index (χ4n) is 1.90. The number of thioether (sulfide) groups is 2. The van der Waals surface area contributed by atoms with E-state index < -0.39 is 0 Å². The number of rotatable bonds is 4. The minimum atomic E-state index is 0.126. The van der Waals surface area contributed by atoms with Crippen LogP contribution in [0, 0.1) is 0 Å². The predicted octanol–water partition coefficient (Wildman–Crippen LogP) is 3.78. The molecule has 0 aliphatic heterocycles. The maximum Gasteiger partial charge on any atom is 0.191 e. The second-order valence-electron chi connectivity index (χ2n) is 4.45. The van der Waals surface area contributed by atoms with E-state index in [2.05, 4.69) is 21.9 Å². The minimum Gasteiger partial charge on any atom is -0.463 e. The highest BCUT2D eigenvalue weighted by Gasteiger charge is 2.13. The third-order valence-corrected chi connectivity index (χ3v) is 4.59. The van der Waals surface area contributed by atoms with Gasteiger partial charge in [-0.05, 0) is 25.3 Å². The smallest absolute Gasteiger partial charge is 0.191 e. The molecule has 1 unspecified atom stereocenters. The van der Waals surface area contributed by atoms with Gasteiger partial charge in [-0.3, -0.25) is 4.98 Å². The molecule has 0 aromatic carbocycles. The molecule has 0 aliphatic rings. The van der Waals surface area contributed by atoms with E-state index in [-0.39, 0.29) is 5.25 Å².